The molecule has 0 bridgehead atoms. The predicted molar refractivity (Wildman–Crippen MR) is 58.2 cm³/mol. The van der Waals surface area contributed by atoms with Gasteiger partial charge in [-0.1, -0.05) is 0 Å². The van der Waals surface area contributed by atoms with Crippen LogP contribution in [0.25, 0.3) is 0 Å². The van der Waals surface area contributed by atoms with Crippen LogP contribution in [0.15, 0.2) is 12.7 Å². The molecule has 0 aliphatic carbocycles. The molecule has 0 radical (unpaired) electrons. The second-order valence-electron chi connectivity index (χ2n) is 1.05. The molecular formula is C3H5HfI3O. The monoisotopic (exact) mass is 618 g/mol. The average Bonchev–Trinajstić information content (AvgIpc) is 1.59. The van der Waals surface area contributed by atoms with E-state index in [1.807, 2.05) is 0 Å². The van der Waals surface area contributed by atoms with E-state index in [2.05, 4.69) is 61.0 Å². The third-order valence-corrected chi connectivity index (χ3v) is 9.79. The van der Waals surface area contributed by atoms with Gasteiger partial charge in [0.25, 0.3) is 0 Å². The first-order valence-electron chi connectivity index (χ1n) is 1.88. The molecule has 0 heterocycles. The summed E-state index contributed by atoms with van der Waals surface area (Å²) in [5.74, 6) is 0. The molecular weight excluding hydrogens is 611 g/mol. The van der Waals surface area contributed by atoms with Crippen LogP contribution in [-0.2, 0) is 10.8 Å². The van der Waals surface area contributed by atoms with E-state index in [-0.39, 0.29) is 0 Å². The van der Waals surface area contributed by atoms with E-state index in [1.165, 1.54) is 0 Å². The predicted octanol–water partition coefficient (Wildman–Crippen LogP) is 3.31. The summed E-state index contributed by atoms with van der Waals surface area (Å²) in [4.78, 5) is 0. The first kappa shape index (κ1) is 10.8. The molecule has 0 fully saturated rings. The van der Waals surface area contributed by atoms with Gasteiger partial charge in [0.05, 0.1) is 0 Å². The van der Waals surface area contributed by atoms with Gasteiger partial charge in [-0.05, 0) is 0 Å². The van der Waals surface area contributed by atoms with Gasteiger partial charge >= 0.3 is 84.5 Å². The molecule has 0 aromatic rings. The van der Waals surface area contributed by atoms with Crippen molar-refractivity contribution in [3.8, 4) is 0 Å². The van der Waals surface area contributed by atoms with E-state index in [1.54, 1.807) is 6.08 Å². The molecule has 1 nitrogen and oxygen atoms in total. The number of rotatable bonds is 3. The zero-order valence-electron chi connectivity index (χ0n) is 4.03. The van der Waals surface area contributed by atoms with Crippen molar-refractivity contribution in [2.75, 3.05) is 6.61 Å². The van der Waals surface area contributed by atoms with Crippen LogP contribution in [0.1, 0.15) is 0 Å². The van der Waals surface area contributed by atoms with Crippen molar-refractivity contribution >= 4 is 54.4 Å². The molecule has 0 amide bonds. The summed E-state index contributed by atoms with van der Waals surface area (Å²) in [7, 11) is -2.08. The molecule has 48 valence electrons. The van der Waals surface area contributed by atoms with Crippen molar-refractivity contribution in [2.24, 2.45) is 0 Å². The van der Waals surface area contributed by atoms with Crippen LogP contribution in [0.4, 0.5) is 0 Å². The van der Waals surface area contributed by atoms with Gasteiger partial charge in [-0.25, -0.2) is 0 Å². The Hall–Kier alpha value is 2.76. The van der Waals surface area contributed by atoms with Crippen molar-refractivity contribution in [1.29, 1.82) is 0 Å². The van der Waals surface area contributed by atoms with Crippen molar-refractivity contribution in [2.45, 2.75) is 0 Å². The summed E-state index contributed by atoms with van der Waals surface area (Å²) in [5.41, 5.74) is 0. The minimum absolute atomic E-state index is 0.719. The van der Waals surface area contributed by atoms with Gasteiger partial charge in [0.2, 0.25) is 0 Å². The van der Waals surface area contributed by atoms with Crippen LogP contribution in [-0.4, -0.2) is 6.61 Å². The molecule has 0 aliphatic rings. The van der Waals surface area contributed by atoms with E-state index in [0.717, 1.165) is 6.61 Å². The van der Waals surface area contributed by atoms with Gasteiger partial charge in [0.1, 0.15) is 0 Å². The van der Waals surface area contributed by atoms with Gasteiger partial charge < -0.3 is 0 Å². The maximum absolute atomic E-state index is 5.44. The normalized spacial score (nSPS) is 11.4. The molecule has 0 saturated heterocycles. The molecule has 0 aromatic heterocycles. The average molecular weight is 616 g/mol. The summed E-state index contributed by atoms with van der Waals surface area (Å²) in [6.07, 6.45) is 1.80. The third-order valence-electron chi connectivity index (χ3n) is 0.365. The topological polar surface area (TPSA) is 9.23 Å². The number of hydrogen-bond donors (Lipinski definition) is 0. The van der Waals surface area contributed by atoms with Crippen LogP contribution >= 0.6 is 54.4 Å². The van der Waals surface area contributed by atoms with Gasteiger partial charge in [0.15, 0.2) is 0 Å². The fraction of sp³-hybridized carbons (Fsp3) is 0.333. The maximum atomic E-state index is 5.44. The summed E-state index contributed by atoms with van der Waals surface area (Å²) in [5, 5.41) is 0. The SMILES string of the molecule is C=CC[O][Hf]([I])([I])[I]. The molecule has 0 unspecified atom stereocenters. The van der Waals surface area contributed by atoms with Gasteiger partial charge in [-0.3, -0.25) is 0 Å². The summed E-state index contributed by atoms with van der Waals surface area (Å²) < 4.78 is 5.44. The molecule has 5 heteroatoms. The Morgan fingerprint density at radius 1 is 1.50 bits per heavy atom. The molecule has 0 saturated carbocycles. The van der Waals surface area contributed by atoms with Gasteiger partial charge in [-0.2, -0.15) is 0 Å². The molecule has 8 heavy (non-hydrogen) atoms. The first-order valence-corrected chi connectivity index (χ1v) is 33.9. The van der Waals surface area contributed by atoms with E-state index in [4.69, 9.17) is 2.85 Å². The van der Waals surface area contributed by atoms with Crippen LogP contribution in [0.2, 0.25) is 0 Å². The second kappa shape index (κ2) is 5.42. The summed E-state index contributed by atoms with van der Waals surface area (Å²) in [6, 6.07) is 0. The van der Waals surface area contributed by atoms with Crippen LogP contribution < -0.4 is 0 Å². The Kier molecular flexibility index (Phi) is 7.28. The minimum atomic E-state index is -2.08. The molecule has 0 aliphatic heterocycles. The van der Waals surface area contributed by atoms with Gasteiger partial charge in [0, 0.05) is 0 Å². The van der Waals surface area contributed by atoms with Crippen LogP contribution in [0, 0.1) is 0 Å². The second-order valence-corrected chi connectivity index (χ2v) is 93.3. The fourth-order valence-electron chi connectivity index (χ4n) is 0.153. The van der Waals surface area contributed by atoms with E-state index in [9.17, 15) is 0 Å². The van der Waals surface area contributed by atoms with Gasteiger partial charge in [-0.15, -0.1) is 0 Å². The Balaban J connectivity index is 3.24. The van der Waals surface area contributed by atoms with Crippen molar-refractivity contribution in [3.63, 3.8) is 0 Å². The zero-order valence-corrected chi connectivity index (χ0v) is 14.1. The number of hydrogen-bond acceptors (Lipinski definition) is 1. The quantitative estimate of drug-likeness (QED) is 0.269. The standard InChI is InChI=1S/C3H5O.Hf.3HI/c1-2-3-4;;;;/h2H,1,3H2;;3*1H/q-1;+4;;;/p-3. The Bertz CT molecular complexity index is 79.1. The van der Waals surface area contributed by atoms with Crippen molar-refractivity contribution in [3.05, 3.63) is 12.7 Å². The van der Waals surface area contributed by atoms with E-state index >= 15 is 0 Å². The first-order chi connectivity index (χ1) is 3.56. The number of halogens is 3. The van der Waals surface area contributed by atoms with Crippen LogP contribution in [0.3, 0.4) is 0 Å². The van der Waals surface area contributed by atoms with Crippen molar-refractivity contribution < 1.29 is 10.8 Å². The Morgan fingerprint density at radius 2 is 2.00 bits per heavy atom. The summed E-state index contributed by atoms with van der Waals surface area (Å²) in [6.45, 7) is 4.28. The van der Waals surface area contributed by atoms with Crippen LogP contribution in [0.5, 0.6) is 0 Å². The summed E-state index contributed by atoms with van der Waals surface area (Å²) >= 11 is 7.28. The molecule has 0 rings (SSSR count). The Labute approximate surface area is 82.2 Å². The molecule has 0 atom stereocenters. The molecule has 0 aromatic carbocycles. The fourth-order valence-corrected chi connectivity index (χ4v) is 5.67. The van der Waals surface area contributed by atoms with E-state index in [0.29, 0.717) is 0 Å². The third kappa shape index (κ3) is 8.76. The van der Waals surface area contributed by atoms with E-state index < -0.39 is 7.94 Å². The Morgan fingerprint density at radius 3 is 2.12 bits per heavy atom. The molecule has 0 N–H and O–H groups in total. The van der Waals surface area contributed by atoms with Crippen molar-refractivity contribution in [1.82, 2.24) is 0 Å². The molecule has 0 spiro atoms. The zero-order chi connectivity index (χ0) is 6.62.